The van der Waals surface area contributed by atoms with Crippen LogP contribution >= 0.6 is 0 Å². The maximum Gasteiger partial charge on any atom is 0.286 e. The SMILES string of the molecule is O=C(NCCC1CCNC1)c1ccc(COc2ccc(F)cc2)o1. The first-order chi connectivity index (χ1) is 11.7. The summed E-state index contributed by atoms with van der Waals surface area (Å²) in [5.74, 6) is 1.48. The van der Waals surface area contributed by atoms with Crippen LogP contribution in [0.1, 0.15) is 29.2 Å². The van der Waals surface area contributed by atoms with Crippen LogP contribution in [-0.4, -0.2) is 25.5 Å². The van der Waals surface area contributed by atoms with Crippen molar-refractivity contribution in [2.45, 2.75) is 19.4 Å². The zero-order chi connectivity index (χ0) is 16.8. The van der Waals surface area contributed by atoms with Gasteiger partial charge in [-0.3, -0.25) is 4.79 Å². The van der Waals surface area contributed by atoms with Crippen LogP contribution in [0.15, 0.2) is 40.8 Å². The highest BCUT2D eigenvalue weighted by atomic mass is 19.1. The second kappa shape index (κ2) is 7.97. The van der Waals surface area contributed by atoms with Crippen molar-refractivity contribution in [1.82, 2.24) is 10.6 Å². The van der Waals surface area contributed by atoms with E-state index in [2.05, 4.69) is 10.6 Å². The molecule has 1 aliphatic heterocycles. The lowest BCUT2D eigenvalue weighted by molar-refractivity contribution is 0.0920. The number of hydrogen-bond donors (Lipinski definition) is 2. The van der Waals surface area contributed by atoms with Gasteiger partial charge in [0.05, 0.1) is 0 Å². The van der Waals surface area contributed by atoms with Crippen molar-refractivity contribution in [1.29, 1.82) is 0 Å². The monoisotopic (exact) mass is 332 g/mol. The van der Waals surface area contributed by atoms with Crippen molar-refractivity contribution < 1.29 is 18.3 Å². The number of carbonyl (C=O) groups is 1. The number of nitrogens with one attached hydrogen (secondary N) is 2. The molecule has 1 atom stereocenters. The van der Waals surface area contributed by atoms with Crippen molar-refractivity contribution >= 4 is 5.91 Å². The molecule has 6 heteroatoms. The number of ether oxygens (including phenoxy) is 1. The molecule has 3 rings (SSSR count). The zero-order valence-electron chi connectivity index (χ0n) is 13.4. The Bertz CT molecular complexity index is 663. The van der Waals surface area contributed by atoms with E-state index in [0.29, 0.717) is 24.0 Å². The van der Waals surface area contributed by atoms with Gasteiger partial charge in [0.15, 0.2) is 5.76 Å². The summed E-state index contributed by atoms with van der Waals surface area (Å²) in [4.78, 5) is 12.0. The number of furan rings is 1. The predicted molar refractivity (Wildman–Crippen MR) is 87.4 cm³/mol. The summed E-state index contributed by atoms with van der Waals surface area (Å²) >= 11 is 0. The van der Waals surface area contributed by atoms with Gasteiger partial charge in [0.1, 0.15) is 23.9 Å². The standard InChI is InChI=1S/C18H21FN2O3/c19-14-1-3-15(4-2-14)23-12-16-5-6-17(24-16)18(22)21-10-8-13-7-9-20-11-13/h1-6,13,20H,7-12H2,(H,21,22). The van der Waals surface area contributed by atoms with E-state index < -0.39 is 0 Å². The molecule has 128 valence electrons. The average Bonchev–Trinajstić information content (AvgIpc) is 3.26. The minimum absolute atomic E-state index is 0.187. The van der Waals surface area contributed by atoms with E-state index in [-0.39, 0.29) is 24.1 Å². The Morgan fingerprint density at radius 3 is 2.88 bits per heavy atom. The van der Waals surface area contributed by atoms with Crippen molar-refractivity contribution in [3.05, 3.63) is 53.7 Å². The molecule has 1 amide bonds. The van der Waals surface area contributed by atoms with Gasteiger partial charge in [0, 0.05) is 6.54 Å². The minimum Gasteiger partial charge on any atom is -0.486 e. The van der Waals surface area contributed by atoms with Crippen molar-refractivity contribution in [3.63, 3.8) is 0 Å². The second-order valence-corrected chi connectivity index (χ2v) is 5.91. The summed E-state index contributed by atoms with van der Waals surface area (Å²) in [7, 11) is 0. The van der Waals surface area contributed by atoms with E-state index in [1.165, 1.54) is 18.6 Å². The van der Waals surface area contributed by atoms with Gasteiger partial charge in [-0.2, -0.15) is 0 Å². The summed E-state index contributed by atoms with van der Waals surface area (Å²) < 4.78 is 23.8. The van der Waals surface area contributed by atoms with Crippen LogP contribution in [0.25, 0.3) is 0 Å². The molecule has 0 bridgehead atoms. The molecule has 0 radical (unpaired) electrons. The summed E-state index contributed by atoms with van der Waals surface area (Å²) in [5.41, 5.74) is 0. The van der Waals surface area contributed by atoms with Crippen LogP contribution in [0.2, 0.25) is 0 Å². The van der Waals surface area contributed by atoms with Gasteiger partial charge >= 0.3 is 0 Å². The van der Waals surface area contributed by atoms with Crippen LogP contribution in [0.3, 0.4) is 0 Å². The fraction of sp³-hybridized carbons (Fsp3) is 0.389. The molecule has 1 unspecified atom stereocenters. The highest BCUT2D eigenvalue weighted by Crippen LogP contribution is 2.15. The van der Waals surface area contributed by atoms with Crippen LogP contribution in [0.5, 0.6) is 5.75 Å². The number of carbonyl (C=O) groups excluding carboxylic acids is 1. The number of amides is 1. The molecule has 0 saturated carbocycles. The maximum atomic E-state index is 12.8. The van der Waals surface area contributed by atoms with Crippen LogP contribution < -0.4 is 15.4 Å². The first kappa shape index (κ1) is 16.5. The number of hydrogen-bond acceptors (Lipinski definition) is 4. The molecule has 2 aromatic rings. The van der Waals surface area contributed by atoms with Crippen LogP contribution in [0.4, 0.5) is 4.39 Å². The third-order valence-corrected chi connectivity index (χ3v) is 4.08. The average molecular weight is 332 g/mol. The van der Waals surface area contributed by atoms with E-state index in [1.54, 1.807) is 24.3 Å². The van der Waals surface area contributed by atoms with E-state index >= 15 is 0 Å². The minimum atomic E-state index is -0.312. The number of rotatable bonds is 7. The van der Waals surface area contributed by atoms with E-state index in [0.717, 1.165) is 19.5 Å². The molecule has 0 spiro atoms. The Labute approximate surface area is 140 Å². The van der Waals surface area contributed by atoms with Crippen LogP contribution in [-0.2, 0) is 6.61 Å². The molecule has 1 aromatic carbocycles. The second-order valence-electron chi connectivity index (χ2n) is 5.91. The smallest absolute Gasteiger partial charge is 0.286 e. The molecule has 1 saturated heterocycles. The first-order valence-corrected chi connectivity index (χ1v) is 8.17. The van der Waals surface area contributed by atoms with E-state index in [9.17, 15) is 9.18 Å². The molecule has 2 heterocycles. The molecule has 1 aromatic heterocycles. The molecule has 1 fully saturated rings. The van der Waals surface area contributed by atoms with Crippen molar-refractivity contribution in [2.75, 3.05) is 19.6 Å². The third-order valence-electron chi connectivity index (χ3n) is 4.08. The molecule has 2 N–H and O–H groups in total. The van der Waals surface area contributed by atoms with E-state index in [4.69, 9.17) is 9.15 Å². The summed E-state index contributed by atoms with van der Waals surface area (Å²) in [6.07, 6.45) is 2.14. The fourth-order valence-corrected chi connectivity index (χ4v) is 2.70. The lowest BCUT2D eigenvalue weighted by atomic mass is 10.1. The Balaban J connectivity index is 1.43. The largest absolute Gasteiger partial charge is 0.486 e. The summed E-state index contributed by atoms with van der Waals surface area (Å²) in [6, 6.07) is 9.09. The summed E-state index contributed by atoms with van der Waals surface area (Å²) in [5, 5.41) is 6.19. The Morgan fingerprint density at radius 2 is 2.12 bits per heavy atom. The third kappa shape index (κ3) is 4.58. The molecular weight excluding hydrogens is 311 g/mol. The normalized spacial score (nSPS) is 17.0. The molecule has 24 heavy (non-hydrogen) atoms. The van der Waals surface area contributed by atoms with Gasteiger partial charge in [-0.05, 0) is 68.2 Å². The topological polar surface area (TPSA) is 63.5 Å². The zero-order valence-corrected chi connectivity index (χ0v) is 13.4. The van der Waals surface area contributed by atoms with Crippen molar-refractivity contribution in [3.8, 4) is 5.75 Å². The number of halogens is 1. The van der Waals surface area contributed by atoms with Gasteiger partial charge < -0.3 is 19.8 Å². The Morgan fingerprint density at radius 1 is 1.29 bits per heavy atom. The van der Waals surface area contributed by atoms with E-state index in [1.807, 2.05) is 0 Å². The number of benzene rings is 1. The molecule has 5 nitrogen and oxygen atoms in total. The maximum absolute atomic E-state index is 12.8. The van der Waals surface area contributed by atoms with Crippen LogP contribution in [0, 0.1) is 11.7 Å². The fourth-order valence-electron chi connectivity index (χ4n) is 2.70. The van der Waals surface area contributed by atoms with Crippen molar-refractivity contribution in [2.24, 2.45) is 5.92 Å². The van der Waals surface area contributed by atoms with Gasteiger partial charge in [0.25, 0.3) is 5.91 Å². The quantitative estimate of drug-likeness (QED) is 0.818. The molecular formula is C18H21FN2O3. The van der Waals surface area contributed by atoms with Gasteiger partial charge in [-0.1, -0.05) is 0 Å². The lowest BCUT2D eigenvalue weighted by Gasteiger charge is -2.08. The first-order valence-electron chi connectivity index (χ1n) is 8.17. The van der Waals surface area contributed by atoms with Gasteiger partial charge in [0.2, 0.25) is 0 Å². The lowest BCUT2D eigenvalue weighted by Crippen LogP contribution is -2.26. The van der Waals surface area contributed by atoms with Gasteiger partial charge in [-0.25, -0.2) is 4.39 Å². The van der Waals surface area contributed by atoms with Gasteiger partial charge in [-0.15, -0.1) is 0 Å². The predicted octanol–water partition coefficient (Wildman–Crippen LogP) is 2.73. The summed E-state index contributed by atoms with van der Waals surface area (Å²) in [6.45, 7) is 2.93. The Hall–Kier alpha value is -2.34. The molecule has 0 aliphatic carbocycles. The Kier molecular flexibility index (Phi) is 5.48. The highest BCUT2D eigenvalue weighted by Gasteiger charge is 2.15. The highest BCUT2D eigenvalue weighted by molar-refractivity contribution is 5.91. The molecule has 1 aliphatic rings.